The Morgan fingerprint density at radius 3 is 2.89 bits per heavy atom. The normalized spacial score (nSPS) is 12.5. The largest absolute Gasteiger partial charge is 0.493 e. The molecule has 1 N–H and O–H groups in total. The number of hydrogen-bond acceptors (Lipinski definition) is 5. The summed E-state index contributed by atoms with van der Waals surface area (Å²) in [5, 5.41) is 6.21. The van der Waals surface area contributed by atoms with Gasteiger partial charge >= 0.3 is 0 Å². The van der Waals surface area contributed by atoms with Gasteiger partial charge < -0.3 is 14.2 Å². The van der Waals surface area contributed by atoms with Crippen LogP contribution in [0.2, 0.25) is 0 Å². The summed E-state index contributed by atoms with van der Waals surface area (Å²) < 4.78 is 16.3. The van der Waals surface area contributed by atoms with E-state index in [0.717, 1.165) is 22.1 Å². The van der Waals surface area contributed by atoms with E-state index in [-0.39, 0.29) is 12.7 Å². The quantitative estimate of drug-likeness (QED) is 0.555. The second-order valence-electron chi connectivity index (χ2n) is 5.90. The van der Waals surface area contributed by atoms with Crippen LogP contribution in [0.1, 0.15) is 22.8 Å². The number of nitrogens with zero attached hydrogens (tertiary/aromatic N) is 1. The molecule has 0 radical (unpaired) electrons. The molecule has 3 aromatic carbocycles. The molecule has 0 bridgehead atoms. The van der Waals surface area contributed by atoms with Gasteiger partial charge in [-0.1, -0.05) is 30.3 Å². The fraction of sp³-hybridized carbons (Fsp3) is 0.143. The lowest BCUT2D eigenvalue weighted by atomic mass is 10.0. The van der Waals surface area contributed by atoms with Gasteiger partial charge in [0.15, 0.2) is 11.5 Å². The van der Waals surface area contributed by atoms with E-state index in [9.17, 15) is 4.79 Å². The smallest absolute Gasteiger partial charge is 0.271 e. The van der Waals surface area contributed by atoms with Crippen molar-refractivity contribution in [3.8, 4) is 17.2 Å². The predicted molar refractivity (Wildman–Crippen MR) is 103 cm³/mol. The lowest BCUT2D eigenvalue weighted by Gasteiger charge is -2.10. The zero-order valence-electron chi connectivity index (χ0n) is 14.8. The van der Waals surface area contributed by atoms with Gasteiger partial charge in [-0.15, -0.1) is 0 Å². The number of fused-ring (bicyclic) bond motifs is 2. The highest BCUT2D eigenvalue weighted by molar-refractivity contribution is 6.03. The first-order valence-corrected chi connectivity index (χ1v) is 8.64. The predicted octanol–water partition coefficient (Wildman–Crippen LogP) is 3.73. The summed E-state index contributed by atoms with van der Waals surface area (Å²) in [6, 6.07) is 16.9. The molecule has 0 unspecified atom stereocenters. The fourth-order valence-electron chi connectivity index (χ4n) is 2.95. The first kappa shape index (κ1) is 16.9. The van der Waals surface area contributed by atoms with Crippen LogP contribution in [0.4, 0.5) is 0 Å². The van der Waals surface area contributed by atoms with Crippen molar-refractivity contribution in [3.63, 3.8) is 0 Å². The third kappa shape index (κ3) is 3.42. The van der Waals surface area contributed by atoms with Crippen molar-refractivity contribution >= 4 is 22.9 Å². The maximum atomic E-state index is 12.4. The maximum Gasteiger partial charge on any atom is 0.271 e. The van der Waals surface area contributed by atoms with Gasteiger partial charge in [-0.3, -0.25) is 4.79 Å². The Hall–Kier alpha value is -3.54. The zero-order valence-corrected chi connectivity index (χ0v) is 14.8. The summed E-state index contributed by atoms with van der Waals surface area (Å²) in [6.07, 6.45) is 1.61. The minimum absolute atomic E-state index is 0.167. The second-order valence-corrected chi connectivity index (χ2v) is 5.90. The summed E-state index contributed by atoms with van der Waals surface area (Å²) >= 11 is 0. The molecular weight excluding hydrogens is 344 g/mol. The monoisotopic (exact) mass is 362 g/mol. The third-order valence-electron chi connectivity index (χ3n) is 4.23. The molecule has 1 aliphatic rings. The number of amides is 1. The Kier molecular flexibility index (Phi) is 4.61. The van der Waals surface area contributed by atoms with E-state index in [2.05, 4.69) is 10.5 Å². The second kappa shape index (κ2) is 7.37. The van der Waals surface area contributed by atoms with Crippen molar-refractivity contribution in [3.05, 3.63) is 65.7 Å². The Morgan fingerprint density at radius 1 is 1.15 bits per heavy atom. The SMILES string of the molecule is CCOc1ccc2ccccc2c1C=NNC(=O)c1ccc2c(c1)OCO2. The zero-order chi connectivity index (χ0) is 18.6. The van der Waals surface area contributed by atoms with Crippen LogP contribution >= 0.6 is 0 Å². The van der Waals surface area contributed by atoms with Gasteiger partial charge in [-0.05, 0) is 42.0 Å². The van der Waals surface area contributed by atoms with E-state index < -0.39 is 0 Å². The average Bonchev–Trinajstić information content (AvgIpc) is 3.17. The molecule has 3 aromatic rings. The number of ether oxygens (including phenoxy) is 3. The number of nitrogens with one attached hydrogen (secondary N) is 1. The van der Waals surface area contributed by atoms with Gasteiger partial charge in [0.05, 0.1) is 12.8 Å². The van der Waals surface area contributed by atoms with Gasteiger partial charge in [0.2, 0.25) is 6.79 Å². The fourth-order valence-corrected chi connectivity index (χ4v) is 2.95. The number of hydrogen-bond donors (Lipinski definition) is 1. The van der Waals surface area contributed by atoms with Crippen molar-refractivity contribution in [1.82, 2.24) is 5.43 Å². The first-order valence-electron chi connectivity index (χ1n) is 8.64. The van der Waals surface area contributed by atoms with Crippen LogP contribution in [0.5, 0.6) is 17.2 Å². The van der Waals surface area contributed by atoms with Gasteiger partial charge in [-0.25, -0.2) is 5.43 Å². The van der Waals surface area contributed by atoms with Crippen LogP contribution in [-0.4, -0.2) is 25.5 Å². The van der Waals surface area contributed by atoms with Crippen LogP contribution in [0.3, 0.4) is 0 Å². The number of rotatable bonds is 5. The van der Waals surface area contributed by atoms with E-state index in [1.807, 2.05) is 43.3 Å². The Balaban J connectivity index is 1.57. The molecule has 0 spiro atoms. The number of benzene rings is 3. The van der Waals surface area contributed by atoms with Crippen LogP contribution in [0.25, 0.3) is 10.8 Å². The molecule has 6 heteroatoms. The molecule has 0 saturated heterocycles. The molecule has 4 rings (SSSR count). The van der Waals surface area contributed by atoms with Crippen LogP contribution in [0.15, 0.2) is 59.7 Å². The standard InChI is InChI=1S/C21H18N2O4/c1-2-25-18-9-7-14-5-3-4-6-16(14)17(18)12-22-23-21(24)15-8-10-19-20(11-15)27-13-26-19/h3-12H,2,13H2,1H3,(H,23,24). The van der Waals surface area contributed by atoms with Crippen molar-refractivity contribution in [2.45, 2.75) is 6.92 Å². The number of carbonyl (C=O) groups is 1. The number of carbonyl (C=O) groups excluding carboxylic acids is 1. The molecule has 1 aliphatic heterocycles. The van der Waals surface area contributed by atoms with Crippen LogP contribution in [-0.2, 0) is 0 Å². The summed E-state index contributed by atoms with van der Waals surface area (Å²) in [5.74, 6) is 1.58. The summed E-state index contributed by atoms with van der Waals surface area (Å²) in [4.78, 5) is 12.4. The average molecular weight is 362 g/mol. The maximum absolute atomic E-state index is 12.4. The third-order valence-corrected chi connectivity index (χ3v) is 4.23. The minimum atomic E-state index is -0.331. The highest BCUT2D eigenvalue weighted by Gasteiger charge is 2.16. The molecule has 0 saturated carbocycles. The molecule has 0 fully saturated rings. The van der Waals surface area contributed by atoms with Crippen LogP contribution in [0, 0.1) is 0 Å². The van der Waals surface area contributed by atoms with Crippen molar-refractivity contribution in [1.29, 1.82) is 0 Å². The first-order chi connectivity index (χ1) is 13.3. The molecule has 27 heavy (non-hydrogen) atoms. The molecule has 1 amide bonds. The summed E-state index contributed by atoms with van der Waals surface area (Å²) in [7, 11) is 0. The topological polar surface area (TPSA) is 69.2 Å². The van der Waals surface area contributed by atoms with Gasteiger partial charge in [0, 0.05) is 11.1 Å². The highest BCUT2D eigenvalue weighted by atomic mass is 16.7. The van der Waals surface area contributed by atoms with E-state index in [1.54, 1.807) is 24.4 Å². The highest BCUT2D eigenvalue weighted by Crippen LogP contribution is 2.32. The lowest BCUT2D eigenvalue weighted by molar-refractivity contribution is 0.0954. The lowest BCUT2D eigenvalue weighted by Crippen LogP contribution is -2.17. The summed E-state index contributed by atoms with van der Waals surface area (Å²) in [5.41, 5.74) is 3.82. The van der Waals surface area contributed by atoms with Crippen molar-refractivity contribution < 1.29 is 19.0 Å². The summed E-state index contributed by atoms with van der Waals surface area (Å²) in [6.45, 7) is 2.64. The van der Waals surface area contributed by atoms with Crippen LogP contribution < -0.4 is 19.6 Å². The Morgan fingerprint density at radius 2 is 2.00 bits per heavy atom. The Bertz CT molecular complexity index is 1030. The molecule has 6 nitrogen and oxygen atoms in total. The molecule has 0 atom stereocenters. The van der Waals surface area contributed by atoms with E-state index >= 15 is 0 Å². The molecular formula is C21H18N2O4. The van der Waals surface area contributed by atoms with Crippen molar-refractivity contribution in [2.75, 3.05) is 13.4 Å². The minimum Gasteiger partial charge on any atom is -0.493 e. The van der Waals surface area contributed by atoms with Crippen molar-refractivity contribution in [2.24, 2.45) is 5.10 Å². The van der Waals surface area contributed by atoms with Gasteiger partial charge in [0.1, 0.15) is 5.75 Å². The molecule has 1 heterocycles. The van der Waals surface area contributed by atoms with Gasteiger partial charge in [-0.2, -0.15) is 5.10 Å². The van der Waals surface area contributed by atoms with E-state index in [1.165, 1.54) is 0 Å². The molecule has 0 aliphatic carbocycles. The molecule has 0 aromatic heterocycles. The number of hydrazone groups is 1. The van der Waals surface area contributed by atoms with E-state index in [4.69, 9.17) is 14.2 Å². The molecule has 136 valence electrons. The van der Waals surface area contributed by atoms with E-state index in [0.29, 0.717) is 23.7 Å². The Labute approximate surface area is 156 Å². The van der Waals surface area contributed by atoms with Gasteiger partial charge in [0.25, 0.3) is 5.91 Å².